The van der Waals surface area contributed by atoms with Crippen molar-refractivity contribution in [1.29, 1.82) is 0 Å². The molecule has 0 aliphatic rings. The molecule has 0 radical (unpaired) electrons. The summed E-state index contributed by atoms with van der Waals surface area (Å²) >= 11 is 0. The Morgan fingerprint density at radius 3 is 2.21 bits per heavy atom. The molecule has 0 heterocycles. The first-order valence-corrected chi connectivity index (χ1v) is 6.67. The van der Waals surface area contributed by atoms with Gasteiger partial charge in [-0.2, -0.15) is 0 Å². The number of hydrogen-bond acceptors (Lipinski definition) is 2. The Kier molecular flexibility index (Phi) is 4.61. The Balaban J connectivity index is 2.82. The fourth-order valence-electron chi connectivity index (χ4n) is 2.03. The number of rotatable bonds is 5. The molecule has 0 aliphatic carbocycles. The highest BCUT2D eigenvalue weighted by Gasteiger charge is 2.27. The average Bonchev–Trinajstić information content (AvgIpc) is 2.30. The van der Waals surface area contributed by atoms with Crippen molar-refractivity contribution in [3.05, 3.63) is 28.8 Å². The summed E-state index contributed by atoms with van der Waals surface area (Å²) in [6.07, 6.45) is 0.630. The van der Waals surface area contributed by atoms with E-state index in [0.717, 1.165) is 6.54 Å². The summed E-state index contributed by atoms with van der Waals surface area (Å²) in [6, 6.07) is 4.36. The largest absolute Gasteiger partial charge is 0.481 e. The maximum Gasteiger partial charge on any atom is 0.309 e. The number of carbonyl (C=O) groups is 1. The summed E-state index contributed by atoms with van der Waals surface area (Å²) in [7, 11) is 2.02. The van der Waals surface area contributed by atoms with Gasteiger partial charge in [0.2, 0.25) is 0 Å². The molecule has 19 heavy (non-hydrogen) atoms. The van der Waals surface area contributed by atoms with Crippen LogP contribution in [-0.2, 0) is 4.79 Å². The Morgan fingerprint density at radius 1 is 1.16 bits per heavy atom. The lowest BCUT2D eigenvalue weighted by molar-refractivity contribution is -0.147. The van der Waals surface area contributed by atoms with Crippen molar-refractivity contribution < 1.29 is 9.90 Å². The van der Waals surface area contributed by atoms with E-state index in [2.05, 4.69) is 37.8 Å². The highest BCUT2D eigenvalue weighted by atomic mass is 16.4. The van der Waals surface area contributed by atoms with E-state index in [1.807, 2.05) is 7.05 Å². The molecule has 0 bridgehead atoms. The van der Waals surface area contributed by atoms with E-state index in [0.29, 0.717) is 6.42 Å². The van der Waals surface area contributed by atoms with Crippen molar-refractivity contribution in [3.8, 4) is 0 Å². The number of aryl methyl sites for hydroxylation is 3. The molecule has 1 aromatic rings. The molecule has 0 amide bonds. The molecule has 1 N–H and O–H groups in total. The number of carboxylic acid groups (broad SMARTS) is 1. The van der Waals surface area contributed by atoms with Crippen molar-refractivity contribution in [3.63, 3.8) is 0 Å². The first-order valence-electron chi connectivity index (χ1n) is 6.67. The summed E-state index contributed by atoms with van der Waals surface area (Å²) in [4.78, 5) is 13.3. The molecule has 0 aliphatic heterocycles. The van der Waals surface area contributed by atoms with E-state index in [-0.39, 0.29) is 0 Å². The second-order valence-corrected chi connectivity index (χ2v) is 6.08. The minimum Gasteiger partial charge on any atom is -0.481 e. The minimum atomic E-state index is -0.738. The molecular weight excluding hydrogens is 238 g/mol. The smallest absolute Gasteiger partial charge is 0.309 e. The second-order valence-electron chi connectivity index (χ2n) is 6.08. The van der Waals surface area contributed by atoms with Gasteiger partial charge in [0.1, 0.15) is 0 Å². The quantitative estimate of drug-likeness (QED) is 0.883. The van der Waals surface area contributed by atoms with Crippen molar-refractivity contribution >= 4 is 11.7 Å². The molecule has 0 saturated heterocycles. The van der Waals surface area contributed by atoms with Gasteiger partial charge in [-0.3, -0.25) is 4.79 Å². The Bertz CT molecular complexity index is 478. The zero-order valence-electron chi connectivity index (χ0n) is 12.9. The molecule has 0 saturated carbocycles. The predicted molar refractivity (Wildman–Crippen MR) is 80.0 cm³/mol. The van der Waals surface area contributed by atoms with E-state index in [1.165, 1.54) is 22.4 Å². The SMILES string of the molecule is Cc1cc(C)c(N(C)CCC(C)(C)C(=O)O)cc1C. The van der Waals surface area contributed by atoms with E-state index in [4.69, 9.17) is 5.11 Å². The third kappa shape index (κ3) is 3.72. The van der Waals surface area contributed by atoms with Gasteiger partial charge in [-0.05, 0) is 63.8 Å². The molecule has 0 fully saturated rings. The minimum absolute atomic E-state index is 0.630. The molecule has 3 nitrogen and oxygen atoms in total. The number of hydrogen-bond donors (Lipinski definition) is 1. The third-order valence-corrected chi connectivity index (χ3v) is 3.87. The van der Waals surface area contributed by atoms with Crippen LogP contribution in [0.3, 0.4) is 0 Å². The van der Waals surface area contributed by atoms with Crippen LogP contribution in [0, 0.1) is 26.2 Å². The summed E-state index contributed by atoms with van der Waals surface area (Å²) in [5, 5.41) is 9.14. The maximum atomic E-state index is 11.1. The predicted octanol–water partition coefficient (Wildman–Crippen LogP) is 3.55. The molecule has 0 unspecified atom stereocenters. The van der Waals surface area contributed by atoms with Crippen LogP contribution in [0.15, 0.2) is 12.1 Å². The van der Waals surface area contributed by atoms with Crippen molar-refractivity contribution in [2.24, 2.45) is 5.41 Å². The molecule has 3 heteroatoms. The fraction of sp³-hybridized carbons (Fsp3) is 0.562. The molecule has 0 atom stereocenters. The van der Waals surface area contributed by atoms with E-state index < -0.39 is 11.4 Å². The first-order chi connectivity index (χ1) is 8.65. The van der Waals surface area contributed by atoms with Gasteiger partial charge >= 0.3 is 5.97 Å². The highest BCUT2D eigenvalue weighted by molar-refractivity contribution is 5.73. The van der Waals surface area contributed by atoms with Gasteiger partial charge in [-0.1, -0.05) is 6.07 Å². The van der Waals surface area contributed by atoms with Gasteiger partial charge in [-0.25, -0.2) is 0 Å². The van der Waals surface area contributed by atoms with E-state index >= 15 is 0 Å². The fourth-order valence-corrected chi connectivity index (χ4v) is 2.03. The van der Waals surface area contributed by atoms with Gasteiger partial charge in [0, 0.05) is 19.3 Å². The Labute approximate surface area is 116 Å². The van der Waals surface area contributed by atoms with Gasteiger partial charge in [0.25, 0.3) is 0 Å². The van der Waals surface area contributed by atoms with Crippen LogP contribution in [0.2, 0.25) is 0 Å². The third-order valence-electron chi connectivity index (χ3n) is 3.87. The normalized spacial score (nSPS) is 11.5. The maximum absolute atomic E-state index is 11.1. The van der Waals surface area contributed by atoms with Crippen molar-refractivity contribution in [2.75, 3.05) is 18.5 Å². The van der Waals surface area contributed by atoms with Crippen LogP contribution in [0.5, 0.6) is 0 Å². The molecule has 1 rings (SSSR count). The zero-order chi connectivity index (χ0) is 14.8. The molecule has 1 aromatic carbocycles. The first kappa shape index (κ1) is 15.5. The van der Waals surface area contributed by atoms with Crippen LogP contribution in [0.1, 0.15) is 37.0 Å². The standard InChI is InChI=1S/C16H25NO2/c1-11-9-13(3)14(10-12(11)2)17(6)8-7-16(4,5)15(18)19/h9-10H,7-8H2,1-6H3,(H,18,19). The molecule has 0 spiro atoms. The van der Waals surface area contributed by atoms with Crippen LogP contribution < -0.4 is 4.90 Å². The van der Waals surface area contributed by atoms with Crippen molar-refractivity contribution in [1.82, 2.24) is 0 Å². The van der Waals surface area contributed by atoms with Crippen LogP contribution in [0.25, 0.3) is 0 Å². The number of carboxylic acids is 1. The Morgan fingerprint density at radius 2 is 1.68 bits per heavy atom. The van der Waals surface area contributed by atoms with Crippen molar-refractivity contribution in [2.45, 2.75) is 41.0 Å². The van der Waals surface area contributed by atoms with E-state index in [9.17, 15) is 4.79 Å². The summed E-state index contributed by atoms with van der Waals surface area (Å²) in [5.74, 6) is -0.738. The van der Waals surface area contributed by atoms with E-state index in [1.54, 1.807) is 13.8 Å². The highest BCUT2D eigenvalue weighted by Crippen LogP contribution is 2.26. The lowest BCUT2D eigenvalue weighted by atomic mass is 9.89. The van der Waals surface area contributed by atoms with Gasteiger partial charge < -0.3 is 10.0 Å². The second kappa shape index (κ2) is 5.64. The molecule has 0 aromatic heterocycles. The topological polar surface area (TPSA) is 40.5 Å². The monoisotopic (exact) mass is 263 g/mol. The Hall–Kier alpha value is -1.51. The van der Waals surface area contributed by atoms with Gasteiger partial charge in [-0.15, -0.1) is 0 Å². The number of benzene rings is 1. The zero-order valence-corrected chi connectivity index (χ0v) is 12.9. The molecule has 106 valence electrons. The lowest BCUT2D eigenvalue weighted by Gasteiger charge is -2.27. The summed E-state index contributed by atoms with van der Waals surface area (Å²) < 4.78 is 0. The van der Waals surface area contributed by atoms with Crippen LogP contribution in [0.4, 0.5) is 5.69 Å². The number of aliphatic carboxylic acids is 1. The summed E-state index contributed by atoms with van der Waals surface area (Å²) in [6.45, 7) is 10.6. The van der Waals surface area contributed by atoms with Gasteiger partial charge in [0.05, 0.1) is 5.41 Å². The number of anilines is 1. The van der Waals surface area contributed by atoms with Gasteiger partial charge in [0.15, 0.2) is 0 Å². The lowest BCUT2D eigenvalue weighted by Crippen LogP contribution is -2.30. The number of nitrogens with zero attached hydrogens (tertiary/aromatic N) is 1. The van der Waals surface area contributed by atoms with Crippen LogP contribution in [-0.4, -0.2) is 24.7 Å². The molecular formula is C16H25NO2. The average molecular weight is 263 g/mol. The summed E-state index contributed by atoms with van der Waals surface area (Å²) in [5.41, 5.74) is 4.30. The van der Waals surface area contributed by atoms with Crippen LogP contribution >= 0.6 is 0 Å².